The number of hydrogen-bond acceptors (Lipinski definition) is 2. The zero-order chi connectivity index (χ0) is 11.8. The van der Waals surface area contributed by atoms with Crippen LogP contribution in [0.2, 0.25) is 0 Å². The lowest BCUT2D eigenvalue weighted by molar-refractivity contribution is 0.421. The standard InChI is InChI=1S/C10H13BF2O2/c1-10(2,3)6-4-9(13)7(11(14)15)5-8(6)12/h4-5,14-15H,1-3H3. The van der Waals surface area contributed by atoms with E-state index in [4.69, 9.17) is 10.0 Å². The van der Waals surface area contributed by atoms with Gasteiger partial charge in [-0.1, -0.05) is 20.8 Å². The molecule has 1 rings (SSSR count). The highest BCUT2D eigenvalue weighted by Crippen LogP contribution is 2.24. The third-order valence-electron chi connectivity index (χ3n) is 2.17. The van der Waals surface area contributed by atoms with Crippen LogP contribution >= 0.6 is 0 Å². The van der Waals surface area contributed by atoms with Crippen molar-refractivity contribution in [2.45, 2.75) is 26.2 Å². The number of rotatable bonds is 1. The van der Waals surface area contributed by atoms with Crippen LogP contribution in [-0.2, 0) is 5.41 Å². The van der Waals surface area contributed by atoms with Gasteiger partial charge in [-0.3, -0.25) is 0 Å². The fourth-order valence-electron chi connectivity index (χ4n) is 1.33. The average Bonchev–Trinajstić information content (AvgIpc) is 2.06. The first-order valence-corrected chi connectivity index (χ1v) is 4.59. The van der Waals surface area contributed by atoms with Gasteiger partial charge in [0.1, 0.15) is 11.6 Å². The minimum atomic E-state index is -1.99. The molecule has 0 radical (unpaired) electrons. The lowest BCUT2D eigenvalue weighted by Crippen LogP contribution is -2.34. The molecule has 2 N–H and O–H groups in total. The second-order valence-electron chi connectivity index (χ2n) is 4.48. The molecule has 0 spiro atoms. The maximum absolute atomic E-state index is 13.5. The van der Waals surface area contributed by atoms with Crippen LogP contribution in [0.4, 0.5) is 8.78 Å². The topological polar surface area (TPSA) is 40.5 Å². The summed E-state index contributed by atoms with van der Waals surface area (Å²) in [5.74, 6) is -1.44. The van der Waals surface area contributed by atoms with Crippen molar-refractivity contribution in [1.29, 1.82) is 0 Å². The zero-order valence-corrected chi connectivity index (χ0v) is 8.88. The van der Waals surface area contributed by atoms with E-state index in [1.807, 2.05) is 0 Å². The van der Waals surface area contributed by atoms with Gasteiger partial charge in [-0.15, -0.1) is 0 Å². The molecule has 0 atom stereocenters. The first kappa shape index (κ1) is 12.1. The molecule has 0 saturated carbocycles. The van der Waals surface area contributed by atoms with Crippen LogP contribution in [0.25, 0.3) is 0 Å². The summed E-state index contributed by atoms with van der Waals surface area (Å²) in [5.41, 5.74) is -0.756. The molecule has 5 heteroatoms. The van der Waals surface area contributed by atoms with Gasteiger partial charge in [0.25, 0.3) is 0 Å². The van der Waals surface area contributed by atoms with Crippen molar-refractivity contribution in [2.75, 3.05) is 0 Å². The van der Waals surface area contributed by atoms with Crippen molar-refractivity contribution >= 4 is 12.6 Å². The third-order valence-corrected chi connectivity index (χ3v) is 2.17. The van der Waals surface area contributed by atoms with Gasteiger partial charge in [0.15, 0.2) is 0 Å². The summed E-state index contributed by atoms with van der Waals surface area (Å²) in [5, 5.41) is 17.5. The van der Waals surface area contributed by atoms with E-state index in [-0.39, 0.29) is 5.56 Å². The van der Waals surface area contributed by atoms with Crippen molar-refractivity contribution in [3.05, 3.63) is 29.3 Å². The Morgan fingerprint density at radius 3 is 2.00 bits per heavy atom. The van der Waals surface area contributed by atoms with Gasteiger partial charge in [-0.25, -0.2) is 8.78 Å². The van der Waals surface area contributed by atoms with Crippen molar-refractivity contribution in [2.24, 2.45) is 0 Å². The molecular weight excluding hydrogens is 201 g/mol. The molecule has 0 unspecified atom stereocenters. The Bertz CT molecular complexity index is 372. The van der Waals surface area contributed by atoms with Crippen LogP contribution in [-0.4, -0.2) is 17.2 Å². The monoisotopic (exact) mass is 214 g/mol. The molecule has 0 aliphatic carbocycles. The largest absolute Gasteiger partial charge is 0.491 e. The van der Waals surface area contributed by atoms with E-state index in [1.165, 1.54) is 0 Å². The third kappa shape index (κ3) is 2.55. The summed E-state index contributed by atoms with van der Waals surface area (Å²) >= 11 is 0. The quantitative estimate of drug-likeness (QED) is 0.683. The molecule has 0 fully saturated rings. The van der Waals surface area contributed by atoms with Crippen molar-refractivity contribution in [3.63, 3.8) is 0 Å². The Hall–Kier alpha value is -0.935. The number of benzene rings is 1. The molecule has 82 valence electrons. The van der Waals surface area contributed by atoms with Crippen molar-refractivity contribution < 1.29 is 18.8 Å². The second kappa shape index (κ2) is 3.91. The van der Waals surface area contributed by atoms with Crippen LogP contribution in [0, 0.1) is 11.6 Å². The predicted molar refractivity (Wildman–Crippen MR) is 54.9 cm³/mol. The molecule has 1 aromatic rings. The molecule has 0 aliphatic rings. The molecule has 0 amide bonds. The number of hydrogen-bond donors (Lipinski definition) is 2. The lowest BCUT2D eigenvalue weighted by Gasteiger charge is -2.20. The zero-order valence-electron chi connectivity index (χ0n) is 8.88. The number of halogens is 2. The maximum Gasteiger partial charge on any atom is 0.491 e. The Kier molecular flexibility index (Phi) is 3.16. The van der Waals surface area contributed by atoms with Gasteiger partial charge in [0.2, 0.25) is 0 Å². The molecule has 0 saturated heterocycles. The van der Waals surface area contributed by atoms with E-state index in [2.05, 4.69) is 0 Å². The fourth-order valence-corrected chi connectivity index (χ4v) is 1.33. The first-order valence-electron chi connectivity index (χ1n) is 4.59. The minimum Gasteiger partial charge on any atom is -0.423 e. The predicted octanol–water partition coefficient (Wildman–Crippen LogP) is 0.942. The van der Waals surface area contributed by atoms with Gasteiger partial charge in [-0.05, 0) is 23.1 Å². The SMILES string of the molecule is CC(C)(C)c1cc(F)c(B(O)O)cc1F. The summed E-state index contributed by atoms with van der Waals surface area (Å²) in [6, 6.07) is 1.82. The Balaban J connectivity index is 3.32. The Morgan fingerprint density at radius 2 is 1.60 bits per heavy atom. The molecule has 15 heavy (non-hydrogen) atoms. The smallest absolute Gasteiger partial charge is 0.423 e. The van der Waals surface area contributed by atoms with Gasteiger partial charge >= 0.3 is 7.12 Å². The molecule has 0 heterocycles. The maximum atomic E-state index is 13.5. The van der Waals surface area contributed by atoms with E-state index in [0.29, 0.717) is 0 Å². The normalized spacial score (nSPS) is 11.7. The van der Waals surface area contributed by atoms with E-state index < -0.39 is 29.6 Å². The molecular formula is C10H13BF2O2. The molecule has 0 bridgehead atoms. The summed E-state index contributed by atoms with van der Waals surface area (Å²) in [7, 11) is -1.99. The first-order chi connectivity index (χ1) is 6.73. The molecule has 0 aliphatic heterocycles. The van der Waals surface area contributed by atoms with Crippen LogP contribution in [0.15, 0.2) is 12.1 Å². The summed E-state index contributed by atoms with van der Waals surface area (Å²) in [6.45, 7) is 5.25. The summed E-state index contributed by atoms with van der Waals surface area (Å²) < 4.78 is 26.8. The van der Waals surface area contributed by atoms with Crippen molar-refractivity contribution in [1.82, 2.24) is 0 Å². The highest BCUT2D eigenvalue weighted by atomic mass is 19.1. The van der Waals surface area contributed by atoms with Gasteiger partial charge in [0.05, 0.1) is 0 Å². The van der Waals surface area contributed by atoms with Crippen LogP contribution in [0.5, 0.6) is 0 Å². The Morgan fingerprint density at radius 1 is 1.07 bits per heavy atom. The highest BCUT2D eigenvalue weighted by molar-refractivity contribution is 6.58. The van der Waals surface area contributed by atoms with E-state index in [0.717, 1.165) is 12.1 Å². The van der Waals surface area contributed by atoms with Gasteiger partial charge < -0.3 is 10.0 Å². The second-order valence-corrected chi connectivity index (χ2v) is 4.48. The molecule has 0 aromatic heterocycles. The average molecular weight is 214 g/mol. The van der Waals surface area contributed by atoms with E-state index >= 15 is 0 Å². The van der Waals surface area contributed by atoms with E-state index in [1.54, 1.807) is 20.8 Å². The minimum absolute atomic E-state index is 0.212. The Labute approximate surface area is 87.7 Å². The van der Waals surface area contributed by atoms with E-state index in [9.17, 15) is 8.78 Å². The van der Waals surface area contributed by atoms with Crippen LogP contribution in [0.1, 0.15) is 26.3 Å². The molecule has 2 nitrogen and oxygen atoms in total. The lowest BCUT2D eigenvalue weighted by atomic mass is 9.77. The summed E-state index contributed by atoms with van der Waals surface area (Å²) in [6.07, 6.45) is 0. The van der Waals surface area contributed by atoms with Crippen LogP contribution < -0.4 is 5.46 Å². The summed E-state index contributed by atoms with van der Waals surface area (Å²) in [4.78, 5) is 0. The highest BCUT2D eigenvalue weighted by Gasteiger charge is 2.24. The van der Waals surface area contributed by atoms with Gasteiger partial charge in [-0.2, -0.15) is 0 Å². The molecule has 1 aromatic carbocycles. The van der Waals surface area contributed by atoms with Gasteiger partial charge in [0, 0.05) is 5.46 Å². The fraction of sp³-hybridized carbons (Fsp3) is 0.400. The van der Waals surface area contributed by atoms with Crippen LogP contribution in [0.3, 0.4) is 0 Å². The van der Waals surface area contributed by atoms with Crippen molar-refractivity contribution in [3.8, 4) is 0 Å².